The van der Waals surface area contributed by atoms with Crippen molar-refractivity contribution in [2.75, 3.05) is 38.7 Å². The summed E-state index contributed by atoms with van der Waals surface area (Å²) in [5, 5.41) is 10.00. The van der Waals surface area contributed by atoms with E-state index in [4.69, 9.17) is 4.74 Å². The number of ether oxygens (including phenoxy) is 1. The highest BCUT2D eigenvalue weighted by atomic mass is 16.5. The third kappa shape index (κ3) is 4.11. The number of methoxy groups -OCH3 is 1. The second kappa shape index (κ2) is 7.88. The lowest BCUT2D eigenvalue weighted by Gasteiger charge is -2.27. The van der Waals surface area contributed by atoms with E-state index in [9.17, 15) is 9.90 Å². The van der Waals surface area contributed by atoms with Crippen LogP contribution in [0.2, 0.25) is 0 Å². The molecule has 21 heavy (non-hydrogen) atoms. The van der Waals surface area contributed by atoms with Gasteiger partial charge in [0, 0.05) is 31.4 Å². The van der Waals surface area contributed by atoms with E-state index in [0.29, 0.717) is 24.4 Å². The Hall–Kier alpha value is -1.75. The highest BCUT2D eigenvalue weighted by Gasteiger charge is 2.19. The van der Waals surface area contributed by atoms with Crippen molar-refractivity contribution in [3.63, 3.8) is 0 Å². The lowest BCUT2D eigenvalue weighted by Crippen LogP contribution is -2.39. The SMILES string of the molecule is CCN(CC)C(=O)CN(C)c1cccc(OC)c1C(C)O. The predicted octanol–water partition coefficient (Wildman–Crippen LogP) is 2.05. The van der Waals surface area contributed by atoms with Crippen molar-refractivity contribution in [2.45, 2.75) is 26.9 Å². The van der Waals surface area contributed by atoms with Crippen LogP contribution in [0.25, 0.3) is 0 Å². The van der Waals surface area contributed by atoms with Gasteiger partial charge in [-0.1, -0.05) is 6.07 Å². The number of amides is 1. The zero-order valence-electron chi connectivity index (χ0n) is 13.6. The van der Waals surface area contributed by atoms with Crippen LogP contribution in [0.15, 0.2) is 18.2 Å². The Balaban J connectivity index is 3.02. The molecule has 118 valence electrons. The Morgan fingerprint density at radius 1 is 1.33 bits per heavy atom. The molecule has 5 nitrogen and oxygen atoms in total. The molecule has 1 unspecified atom stereocenters. The molecule has 1 aromatic carbocycles. The number of benzene rings is 1. The van der Waals surface area contributed by atoms with Crippen molar-refractivity contribution >= 4 is 11.6 Å². The molecule has 1 rings (SSSR count). The minimum absolute atomic E-state index is 0.0712. The van der Waals surface area contributed by atoms with Crippen LogP contribution in [-0.4, -0.2) is 49.7 Å². The van der Waals surface area contributed by atoms with E-state index >= 15 is 0 Å². The molecule has 0 saturated carbocycles. The fourth-order valence-corrected chi connectivity index (χ4v) is 2.43. The largest absolute Gasteiger partial charge is 0.496 e. The van der Waals surface area contributed by atoms with Gasteiger partial charge in [0.25, 0.3) is 0 Å². The van der Waals surface area contributed by atoms with E-state index in [1.165, 1.54) is 0 Å². The Labute approximate surface area is 127 Å². The van der Waals surface area contributed by atoms with E-state index < -0.39 is 6.10 Å². The number of nitrogens with zero attached hydrogens (tertiary/aromatic N) is 2. The molecule has 5 heteroatoms. The number of anilines is 1. The van der Waals surface area contributed by atoms with Crippen molar-refractivity contribution in [3.8, 4) is 5.75 Å². The summed E-state index contributed by atoms with van der Waals surface area (Å²) >= 11 is 0. The zero-order valence-corrected chi connectivity index (χ0v) is 13.6. The van der Waals surface area contributed by atoms with Crippen molar-refractivity contribution in [1.82, 2.24) is 4.90 Å². The van der Waals surface area contributed by atoms with Gasteiger partial charge in [-0.25, -0.2) is 0 Å². The molecule has 0 spiro atoms. The predicted molar refractivity (Wildman–Crippen MR) is 84.8 cm³/mol. The standard InChI is InChI=1S/C16H26N2O3/c1-6-18(7-2)15(20)11-17(4)13-9-8-10-14(21-5)16(13)12(3)19/h8-10,12,19H,6-7,11H2,1-5H3. The second-order valence-corrected chi connectivity index (χ2v) is 4.99. The number of aliphatic hydroxyl groups is 1. The van der Waals surface area contributed by atoms with Crippen molar-refractivity contribution in [2.24, 2.45) is 0 Å². The molecule has 0 saturated heterocycles. The Kier molecular flexibility index (Phi) is 6.49. The summed E-state index contributed by atoms with van der Waals surface area (Å²) in [5.41, 5.74) is 1.51. The molecule has 1 N–H and O–H groups in total. The summed E-state index contributed by atoms with van der Waals surface area (Å²) in [5.74, 6) is 0.700. The van der Waals surface area contributed by atoms with Crippen LogP contribution < -0.4 is 9.64 Å². The maximum absolute atomic E-state index is 12.2. The Morgan fingerprint density at radius 3 is 2.43 bits per heavy atom. The molecule has 0 heterocycles. The smallest absolute Gasteiger partial charge is 0.242 e. The van der Waals surface area contributed by atoms with Crippen molar-refractivity contribution in [1.29, 1.82) is 0 Å². The lowest BCUT2D eigenvalue weighted by molar-refractivity contribution is -0.129. The third-order valence-corrected chi connectivity index (χ3v) is 3.58. The van der Waals surface area contributed by atoms with Crippen LogP contribution >= 0.6 is 0 Å². The summed E-state index contributed by atoms with van der Waals surface area (Å²) in [7, 11) is 3.42. The summed E-state index contributed by atoms with van der Waals surface area (Å²) in [6.45, 7) is 7.30. The summed E-state index contributed by atoms with van der Waals surface area (Å²) < 4.78 is 5.31. The van der Waals surface area contributed by atoms with E-state index in [1.54, 1.807) is 18.9 Å². The number of carbonyl (C=O) groups is 1. The Bertz CT molecular complexity index is 471. The maximum atomic E-state index is 12.2. The van der Waals surface area contributed by atoms with Gasteiger partial charge in [-0.05, 0) is 32.9 Å². The quantitative estimate of drug-likeness (QED) is 0.836. The molecule has 0 bridgehead atoms. The van der Waals surface area contributed by atoms with E-state index in [1.807, 2.05) is 44.0 Å². The zero-order chi connectivity index (χ0) is 16.0. The van der Waals surface area contributed by atoms with Crippen LogP contribution in [0.1, 0.15) is 32.4 Å². The molecule has 0 aliphatic heterocycles. The number of rotatable bonds is 7. The summed E-state index contributed by atoms with van der Waals surface area (Å²) in [4.78, 5) is 15.9. The Morgan fingerprint density at radius 2 is 1.95 bits per heavy atom. The van der Waals surface area contributed by atoms with Crippen LogP contribution in [-0.2, 0) is 4.79 Å². The summed E-state index contributed by atoms with van der Waals surface area (Å²) in [6.07, 6.45) is -0.665. The average Bonchev–Trinajstić information content (AvgIpc) is 2.47. The number of carbonyl (C=O) groups excluding carboxylic acids is 1. The molecule has 0 radical (unpaired) electrons. The minimum atomic E-state index is -0.665. The number of likely N-dealkylation sites (N-methyl/N-ethyl adjacent to an activating group) is 2. The first-order valence-corrected chi connectivity index (χ1v) is 7.30. The molecule has 1 amide bonds. The highest BCUT2D eigenvalue weighted by Crippen LogP contribution is 2.33. The minimum Gasteiger partial charge on any atom is -0.496 e. The highest BCUT2D eigenvalue weighted by molar-refractivity contribution is 5.82. The molecule has 0 fully saturated rings. The van der Waals surface area contributed by atoms with Gasteiger partial charge < -0.3 is 19.6 Å². The number of aliphatic hydroxyl groups excluding tert-OH is 1. The normalized spacial score (nSPS) is 11.9. The third-order valence-electron chi connectivity index (χ3n) is 3.58. The molecule has 0 aliphatic carbocycles. The fourth-order valence-electron chi connectivity index (χ4n) is 2.43. The molecule has 0 aliphatic rings. The van der Waals surface area contributed by atoms with E-state index in [2.05, 4.69) is 0 Å². The van der Waals surface area contributed by atoms with Gasteiger partial charge in [0.1, 0.15) is 5.75 Å². The van der Waals surface area contributed by atoms with Crippen LogP contribution in [0.4, 0.5) is 5.69 Å². The fraction of sp³-hybridized carbons (Fsp3) is 0.562. The summed E-state index contributed by atoms with van der Waals surface area (Å²) in [6, 6.07) is 5.56. The number of hydrogen-bond acceptors (Lipinski definition) is 4. The molecular weight excluding hydrogens is 268 g/mol. The number of hydrogen-bond donors (Lipinski definition) is 1. The molecule has 1 atom stereocenters. The lowest BCUT2D eigenvalue weighted by atomic mass is 10.1. The van der Waals surface area contributed by atoms with Crippen LogP contribution in [0.3, 0.4) is 0 Å². The monoisotopic (exact) mass is 294 g/mol. The van der Waals surface area contributed by atoms with Gasteiger partial charge in [-0.2, -0.15) is 0 Å². The first-order chi connectivity index (χ1) is 9.96. The topological polar surface area (TPSA) is 53.0 Å². The first-order valence-electron chi connectivity index (χ1n) is 7.30. The molecule has 1 aromatic rings. The van der Waals surface area contributed by atoms with Gasteiger partial charge in [0.05, 0.1) is 19.8 Å². The van der Waals surface area contributed by atoms with Crippen LogP contribution in [0.5, 0.6) is 5.75 Å². The van der Waals surface area contributed by atoms with Gasteiger partial charge >= 0.3 is 0 Å². The van der Waals surface area contributed by atoms with Gasteiger partial charge in [0.15, 0.2) is 0 Å². The second-order valence-electron chi connectivity index (χ2n) is 4.99. The van der Waals surface area contributed by atoms with Crippen molar-refractivity contribution < 1.29 is 14.6 Å². The van der Waals surface area contributed by atoms with E-state index in [0.717, 1.165) is 5.69 Å². The van der Waals surface area contributed by atoms with Crippen molar-refractivity contribution in [3.05, 3.63) is 23.8 Å². The molecule has 0 aromatic heterocycles. The average molecular weight is 294 g/mol. The van der Waals surface area contributed by atoms with Gasteiger partial charge in [-0.3, -0.25) is 4.79 Å². The van der Waals surface area contributed by atoms with E-state index in [-0.39, 0.29) is 12.5 Å². The van der Waals surface area contributed by atoms with Gasteiger partial charge in [-0.15, -0.1) is 0 Å². The van der Waals surface area contributed by atoms with Gasteiger partial charge in [0.2, 0.25) is 5.91 Å². The van der Waals surface area contributed by atoms with Crippen LogP contribution in [0, 0.1) is 0 Å². The molecular formula is C16H26N2O3. The maximum Gasteiger partial charge on any atom is 0.242 e. The first kappa shape index (κ1) is 17.3.